The van der Waals surface area contributed by atoms with Crippen LogP contribution in [0.15, 0.2) is 28.7 Å². The lowest BCUT2D eigenvalue weighted by Crippen LogP contribution is -2.41. The highest BCUT2D eigenvalue weighted by Gasteiger charge is 2.25. The Morgan fingerprint density at radius 1 is 1.19 bits per heavy atom. The van der Waals surface area contributed by atoms with Crippen molar-refractivity contribution in [1.29, 1.82) is 0 Å². The molecule has 0 spiro atoms. The normalized spacial score (nSPS) is 18.7. The topological polar surface area (TPSA) is 12.0 Å². The molecule has 118 valence electrons. The number of hydrogen-bond donors (Lipinski definition) is 1. The van der Waals surface area contributed by atoms with Gasteiger partial charge in [0.15, 0.2) is 0 Å². The quantitative estimate of drug-likeness (QED) is 0.730. The Labute approximate surface area is 139 Å². The highest BCUT2D eigenvalue weighted by atomic mass is 79.9. The van der Waals surface area contributed by atoms with Crippen LogP contribution < -0.4 is 5.32 Å². The second-order valence-corrected chi connectivity index (χ2v) is 8.54. The van der Waals surface area contributed by atoms with Gasteiger partial charge in [-0.2, -0.15) is 0 Å². The summed E-state index contributed by atoms with van der Waals surface area (Å²) in [4.78, 5) is 0. The van der Waals surface area contributed by atoms with Crippen LogP contribution in [0.25, 0.3) is 0 Å². The van der Waals surface area contributed by atoms with E-state index in [0.29, 0.717) is 0 Å². The predicted octanol–water partition coefficient (Wildman–Crippen LogP) is 5.58. The van der Waals surface area contributed by atoms with Crippen LogP contribution in [0.2, 0.25) is 0 Å². The summed E-state index contributed by atoms with van der Waals surface area (Å²) in [5.41, 5.74) is 1.68. The second-order valence-electron chi connectivity index (χ2n) is 7.62. The third-order valence-corrected chi connectivity index (χ3v) is 5.09. The first-order chi connectivity index (χ1) is 9.94. The van der Waals surface area contributed by atoms with E-state index in [-0.39, 0.29) is 5.54 Å². The van der Waals surface area contributed by atoms with E-state index >= 15 is 0 Å². The molecular formula is C19H30BrN. The van der Waals surface area contributed by atoms with Crippen molar-refractivity contribution in [3.05, 3.63) is 34.3 Å². The number of nitrogens with one attached hydrogen (secondary N) is 1. The molecule has 1 nitrogen and oxygen atoms in total. The molecule has 0 bridgehead atoms. The molecule has 21 heavy (non-hydrogen) atoms. The minimum absolute atomic E-state index is 0.212. The molecule has 0 heterocycles. The molecule has 0 saturated heterocycles. The lowest BCUT2D eigenvalue weighted by Gasteiger charge is -2.33. The van der Waals surface area contributed by atoms with Gasteiger partial charge in [0.25, 0.3) is 0 Å². The summed E-state index contributed by atoms with van der Waals surface area (Å²) < 4.78 is 1.20. The summed E-state index contributed by atoms with van der Waals surface area (Å²) >= 11 is 3.60. The van der Waals surface area contributed by atoms with Gasteiger partial charge in [-0.15, -0.1) is 0 Å². The van der Waals surface area contributed by atoms with Crippen LogP contribution in [0, 0.1) is 11.8 Å². The van der Waals surface area contributed by atoms with E-state index in [4.69, 9.17) is 0 Å². The lowest BCUT2D eigenvalue weighted by molar-refractivity contribution is 0.225. The molecule has 1 aromatic carbocycles. The van der Waals surface area contributed by atoms with Crippen LogP contribution in [0.5, 0.6) is 0 Å². The fraction of sp³-hybridized carbons (Fsp3) is 0.684. The van der Waals surface area contributed by atoms with Gasteiger partial charge in [0.1, 0.15) is 0 Å². The zero-order valence-corrected chi connectivity index (χ0v) is 15.4. The highest BCUT2D eigenvalue weighted by molar-refractivity contribution is 9.10. The van der Waals surface area contributed by atoms with Crippen LogP contribution in [-0.4, -0.2) is 12.1 Å². The van der Waals surface area contributed by atoms with E-state index in [1.54, 1.807) is 0 Å². The van der Waals surface area contributed by atoms with Crippen LogP contribution in [0.1, 0.15) is 58.4 Å². The lowest BCUT2D eigenvalue weighted by atomic mass is 9.77. The van der Waals surface area contributed by atoms with E-state index in [0.717, 1.165) is 18.4 Å². The Morgan fingerprint density at radius 3 is 2.52 bits per heavy atom. The van der Waals surface area contributed by atoms with Crippen LogP contribution >= 0.6 is 15.9 Å². The summed E-state index contributed by atoms with van der Waals surface area (Å²) in [6.07, 6.45) is 8.33. The predicted molar refractivity (Wildman–Crippen MR) is 95.7 cm³/mol. The molecule has 1 aliphatic carbocycles. The van der Waals surface area contributed by atoms with Gasteiger partial charge in [0.2, 0.25) is 0 Å². The average Bonchev–Trinajstić information content (AvgIpc) is 2.43. The van der Waals surface area contributed by atoms with Crippen LogP contribution in [-0.2, 0) is 6.42 Å². The third kappa shape index (κ3) is 6.12. The molecule has 1 unspecified atom stereocenters. The minimum atomic E-state index is 0.212. The molecule has 1 aromatic rings. The number of hydrogen-bond acceptors (Lipinski definition) is 1. The third-order valence-electron chi connectivity index (χ3n) is 4.60. The Hall–Kier alpha value is -0.340. The maximum Gasteiger partial charge on any atom is 0.0177 e. The summed E-state index contributed by atoms with van der Waals surface area (Å²) in [6.45, 7) is 7.94. The molecule has 1 aliphatic rings. The van der Waals surface area contributed by atoms with E-state index in [1.165, 1.54) is 48.6 Å². The molecule has 1 atom stereocenters. The fourth-order valence-electron chi connectivity index (χ4n) is 3.42. The Balaban J connectivity index is 2.03. The van der Waals surface area contributed by atoms with Crippen LogP contribution in [0.4, 0.5) is 0 Å². The first kappa shape index (κ1) is 17.0. The first-order valence-electron chi connectivity index (χ1n) is 8.43. The summed E-state index contributed by atoms with van der Waals surface area (Å²) in [6, 6.07) is 8.84. The smallest absolute Gasteiger partial charge is 0.0177 e. The highest BCUT2D eigenvalue weighted by Crippen LogP contribution is 2.32. The van der Waals surface area contributed by atoms with E-state index in [1.807, 2.05) is 0 Å². The summed E-state index contributed by atoms with van der Waals surface area (Å²) in [7, 11) is 0. The molecule has 0 radical (unpaired) electrons. The van der Waals surface area contributed by atoms with Crippen molar-refractivity contribution < 1.29 is 0 Å². The van der Waals surface area contributed by atoms with Crippen LogP contribution in [0.3, 0.4) is 0 Å². The second kappa shape index (κ2) is 7.78. The van der Waals surface area contributed by atoms with Crippen molar-refractivity contribution in [3.63, 3.8) is 0 Å². The Morgan fingerprint density at radius 2 is 1.90 bits per heavy atom. The van der Waals surface area contributed by atoms with Gasteiger partial charge in [-0.3, -0.25) is 0 Å². The standard InChI is InChI=1S/C19H30BrN/c1-19(2,3)21-14-17(16-9-5-4-6-10-16)12-15-8-7-11-18(20)13-15/h7-8,11,13,16-17,21H,4-6,9-10,12,14H2,1-3H3. The van der Waals surface area contributed by atoms with Crippen molar-refractivity contribution in [2.45, 2.75) is 64.8 Å². The van der Waals surface area contributed by atoms with E-state index in [9.17, 15) is 0 Å². The van der Waals surface area contributed by atoms with Gasteiger partial charge in [-0.25, -0.2) is 0 Å². The Bertz CT molecular complexity index is 429. The zero-order chi connectivity index (χ0) is 15.3. The summed E-state index contributed by atoms with van der Waals surface area (Å²) in [5, 5.41) is 3.74. The molecule has 1 N–H and O–H groups in total. The van der Waals surface area contributed by atoms with Crippen molar-refractivity contribution in [2.24, 2.45) is 11.8 Å². The largest absolute Gasteiger partial charge is 0.312 e. The average molecular weight is 352 g/mol. The fourth-order valence-corrected chi connectivity index (χ4v) is 3.86. The molecule has 0 amide bonds. The Kier molecular flexibility index (Phi) is 6.31. The molecule has 0 aliphatic heterocycles. The van der Waals surface area contributed by atoms with E-state index in [2.05, 4.69) is 66.3 Å². The maximum atomic E-state index is 3.74. The molecule has 2 heteroatoms. The van der Waals surface area contributed by atoms with Gasteiger partial charge in [-0.05, 0) is 63.3 Å². The van der Waals surface area contributed by atoms with Gasteiger partial charge < -0.3 is 5.32 Å². The number of benzene rings is 1. The van der Waals surface area contributed by atoms with Gasteiger partial charge in [0, 0.05) is 10.0 Å². The van der Waals surface area contributed by atoms with Crippen molar-refractivity contribution >= 4 is 15.9 Å². The van der Waals surface area contributed by atoms with Crippen molar-refractivity contribution in [2.75, 3.05) is 6.54 Å². The van der Waals surface area contributed by atoms with Crippen molar-refractivity contribution in [1.82, 2.24) is 5.32 Å². The molecule has 1 saturated carbocycles. The first-order valence-corrected chi connectivity index (χ1v) is 9.23. The van der Waals surface area contributed by atoms with Gasteiger partial charge in [0.05, 0.1) is 0 Å². The molecule has 2 rings (SSSR count). The number of halogens is 1. The molecule has 0 aromatic heterocycles. The maximum absolute atomic E-state index is 3.74. The SMILES string of the molecule is CC(C)(C)NCC(Cc1cccc(Br)c1)C1CCCCC1. The zero-order valence-electron chi connectivity index (χ0n) is 13.8. The van der Waals surface area contributed by atoms with E-state index < -0.39 is 0 Å². The van der Waals surface area contributed by atoms with Gasteiger partial charge in [-0.1, -0.05) is 60.2 Å². The molecule has 1 fully saturated rings. The monoisotopic (exact) mass is 351 g/mol. The summed E-state index contributed by atoms with van der Waals surface area (Å²) in [5.74, 6) is 1.66. The van der Waals surface area contributed by atoms with Gasteiger partial charge >= 0.3 is 0 Å². The molecular weight excluding hydrogens is 322 g/mol. The minimum Gasteiger partial charge on any atom is -0.312 e. The number of rotatable bonds is 5. The van der Waals surface area contributed by atoms with Crippen molar-refractivity contribution in [3.8, 4) is 0 Å².